The lowest BCUT2D eigenvalue weighted by Gasteiger charge is -2.15. The van der Waals surface area contributed by atoms with Crippen LogP contribution >= 0.6 is 0 Å². The van der Waals surface area contributed by atoms with Crippen LogP contribution in [0.15, 0.2) is 0 Å². The molecule has 76 valence electrons. The number of unbranched alkanes of at least 4 members (excludes halogenated alkanes) is 1. The first-order valence-corrected chi connectivity index (χ1v) is 3.76. The van der Waals surface area contributed by atoms with Crippen molar-refractivity contribution in [1.29, 1.82) is 0 Å². The third-order valence-corrected chi connectivity index (χ3v) is 1.51. The number of aliphatic carboxylic acids is 2. The molecule has 0 saturated heterocycles. The maximum atomic E-state index is 10.1. The van der Waals surface area contributed by atoms with Gasteiger partial charge in [0.25, 0.3) is 5.79 Å². The molecule has 0 bridgehead atoms. The van der Waals surface area contributed by atoms with Gasteiger partial charge in [-0.1, -0.05) is 0 Å². The Morgan fingerprint density at radius 2 is 1.62 bits per heavy atom. The van der Waals surface area contributed by atoms with E-state index in [1.165, 1.54) is 0 Å². The molecule has 6 heteroatoms. The highest BCUT2D eigenvalue weighted by atomic mass is 16.5. The van der Waals surface area contributed by atoms with Crippen molar-refractivity contribution in [3.05, 3.63) is 0 Å². The first-order chi connectivity index (χ1) is 5.86. The molecule has 0 rings (SSSR count). The molecule has 0 saturated carbocycles. The van der Waals surface area contributed by atoms with Crippen LogP contribution in [0, 0.1) is 0 Å². The predicted octanol–water partition coefficient (Wildman–Crippen LogP) is -0.603. The largest absolute Gasteiger partial charge is 0.481 e. The molecule has 0 atom stereocenters. The Kier molecular flexibility index (Phi) is 4.36. The lowest BCUT2D eigenvalue weighted by Crippen LogP contribution is -2.37. The zero-order chi connectivity index (χ0) is 10.5. The molecule has 0 aliphatic rings. The van der Waals surface area contributed by atoms with Gasteiger partial charge in [-0.3, -0.25) is 4.79 Å². The van der Waals surface area contributed by atoms with Gasteiger partial charge in [0.15, 0.2) is 0 Å². The van der Waals surface area contributed by atoms with Gasteiger partial charge >= 0.3 is 11.9 Å². The van der Waals surface area contributed by atoms with E-state index in [-0.39, 0.29) is 25.7 Å². The molecule has 0 unspecified atom stereocenters. The SMILES string of the molecule is O=C(O)CCCCC(O)(O)C(=O)O. The van der Waals surface area contributed by atoms with Crippen molar-refractivity contribution in [2.24, 2.45) is 0 Å². The highest BCUT2D eigenvalue weighted by molar-refractivity contribution is 5.74. The fraction of sp³-hybridized carbons (Fsp3) is 0.714. The molecule has 0 aliphatic carbocycles. The Bertz CT molecular complexity index is 197. The molecule has 6 nitrogen and oxygen atoms in total. The summed E-state index contributed by atoms with van der Waals surface area (Å²) in [6, 6.07) is 0. The van der Waals surface area contributed by atoms with Gasteiger partial charge in [0.05, 0.1) is 0 Å². The van der Waals surface area contributed by atoms with Crippen LogP contribution in [0.1, 0.15) is 25.7 Å². The molecule has 0 aromatic rings. The number of aliphatic hydroxyl groups is 2. The van der Waals surface area contributed by atoms with Gasteiger partial charge in [-0.25, -0.2) is 4.79 Å². The lowest BCUT2D eigenvalue weighted by atomic mass is 10.1. The van der Waals surface area contributed by atoms with Crippen molar-refractivity contribution in [2.75, 3.05) is 0 Å². The summed E-state index contributed by atoms with van der Waals surface area (Å²) < 4.78 is 0. The quantitative estimate of drug-likeness (QED) is 0.330. The van der Waals surface area contributed by atoms with E-state index in [0.29, 0.717) is 0 Å². The third kappa shape index (κ3) is 5.15. The molecule has 4 N–H and O–H groups in total. The van der Waals surface area contributed by atoms with Crippen LogP contribution in [0.2, 0.25) is 0 Å². The molecule has 0 heterocycles. The highest BCUT2D eigenvalue weighted by Gasteiger charge is 2.31. The highest BCUT2D eigenvalue weighted by Crippen LogP contribution is 2.11. The van der Waals surface area contributed by atoms with Gasteiger partial charge in [0.1, 0.15) is 0 Å². The summed E-state index contributed by atoms with van der Waals surface area (Å²) >= 11 is 0. The number of carboxylic acids is 2. The van der Waals surface area contributed by atoms with Gasteiger partial charge in [0, 0.05) is 12.8 Å². The number of rotatable bonds is 6. The first kappa shape index (κ1) is 11.9. The Labute approximate surface area is 74.4 Å². The monoisotopic (exact) mass is 192 g/mol. The van der Waals surface area contributed by atoms with Crippen LogP contribution in [0.3, 0.4) is 0 Å². The lowest BCUT2D eigenvalue weighted by molar-refractivity contribution is -0.205. The molecule has 0 fully saturated rings. The first-order valence-electron chi connectivity index (χ1n) is 3.76. The smallest absolute Gasteiger partial charge is 0.364 e. The van der Waals surface area contributed by atoms with E-state index in [2.05, 4.69) is 0 Å². The van der Waals surface area contributed by atoms with Crippen LogP contribution in [0.5, 0.6) is 0 Å². The average molecular weight is 192 g/mol. The Balaban J connectivity index is 3.64. The second kappa shape index (κ2) is 4.78. The van der Waals surface area contributed by atoms with Gasteiger partial charge in [-0.15, -0.1) is 0 Å². The fourth-order valence-electron chi connectivity index (χ4n) is 0.755. The van der Waals surface area contributed by atoms with Gasteiger partial charge in [-0.05, 0) is 12.8 Å². The minimum absolute atomic E-state index is 0.101. The molecule has 13 heavy (non-hydrogen) atoms. The topological polar surface area (TPSA) is 115 Å². The molecule has 0 spiro atoms. The summed E-state index contributed by atoms with van der Waals surface area (Å²) in [4.78, 5) is 20.1. The van der Waals surface area contributed by atoms with Crippen molar-refractivity contribution in [1.82, 2.24) is 0 Å². The Hall–Kier alpha value is -1.14. The molecule has 0 radical (unpaired) electrons. The summed E-state index contributed by atoms with van der Waals surface area (Å²) in [7, 11) is 0. The minimum atomic E-state index is -2.74. The van der Waals surface area contributed by atoms with E-state index in [9.17, 15) is 9.59 Å². The number of carbonyl (C=O) groups is 2. The van der Waals surface area contributed by atoms with Gasteiger partial charge < -0.3 is 20.4 Å². The maximum Gasteiger partial charge on any atom is 0.364 e. The Morgan fingerprint density at radius 1 is 1.08 bits per heavy atom. The molecule has 0 aromatic heterocycles. The molecular formula is C7H12O6. The summed E-state index contributed by atoms with van der Waals surface area (Å²) in [5, 5.41) is 34.0. The molecule has 0 aromatic carbocycles. The van der Waals surface area contributed by atoms with Crippen molar-refractivity contribution >= 4 is 11.9 Å². The van der Waals surface area contributed by atoms with Crippen LogP contribution < -0.4 is 0 Å². The van der Waals surface area contributed by atoms with E-state index in [4.69, 9.17) is 20.4 Å². The zero-order valence-electron chi connectivity index (χ0n) is 6.93. The summed E-state index contributed by atoms with van der Waals surface area (Å²) in [5.74, 6) is -5.45. The van der Waals surface area contributed by atoms with Crippen LogP contribution in [-0.2, 0) is 9.59 Å². The van der Waals surface area contributed by atoms with E-state index in [1.807, 2.05) is 0 Å². The van der Waals surface area contributed by atoms with Crippen LogP contribution in [0.4, 0.5) is 0 Å². The van der Waals surface area contributed by atoms with Gasteiger partial charge in [-0.2, -0.15) is 0 Å². The maximum absolute atomic E-state index is 10.1. The molecule has 0 amide bonds. The average Bonchev–Trinajstić information content (AvgIpc) is 1.97. The zero-order valence-corrected chi connectivity index (χ0v) is 6.93. The van der Waals surface area contributed by atoms with E-state index < -0.39 is 17.7 Å². The van der Waals surface area contributed by atoms with Crippen molar-refractivity contribution in [3.8, 4) is 0 Å². The summed E-state index contributed by atoms with van der Waals surface area (Å²) in [5.41, 5.74) is 0. The second-order valence-corrected chi connectivity index (χ2v) is 2.72. The third-order valence-electron chi connectivity index (χ3n) is 1.51. The van der Waals surface area contributed by atoms with Crippen molar-refractivity contribution in [3.63, 3.8) is 0 Å². The summed E-state index contributed by atoms with van der Waals surface area (Å²) in [6.45, 7) is 0. The van der Waals surface area contributed by atoms with Crippen molar-refractivity contribution < 1.29 is 30.0 Å². The predicted molar refractivity (Wildman–Crippen MR) is 40.9 cm³/mol. The molecule has 0 aliphatic heterocycles. The van der Waals surface area contributed by atoms with Gasteiger partial charge in [0.2, 0.25) is 0 Å². The van der Waals surface area contributed by atoms with Crippen LogP contribution in [0.25, 0.3) is 0 Å². The second-order valence-electron chi connectivity index (χ2n) is 2.72. The normalized spacial score (nSPS) is 11.2. The minimum Gasteiger partial charge on any atom is -0.481 e. The number of hydrogen-bond donors (Lipinski definition) is 4. The standard InChI is InChI=1S/C7H12O6/c8-5(9)3-1-2-4-7(12,13)6(10)11/h12-13H,1-4H2,(H,8,9)(H,10,11). The Morgan fingerprint density at radius 3 is 2.00 bits per heavy atom. The summed E-state index contributed by atoms with van der Waals surface area (Å²) in [6.07, 6.45) is -0.0948. The van der Waals surface area contributed by atoms with Crippen molar-refractivity contribution in [2.45, 2.75) is 31.5 Å². The number of hydrogen-bond acceptors (Lipinski definition) is 4. The van der Waals surface area contributed by atoms with Crippen LogP contribution in [-0.4, -0.2) is 38.2 Å². The van der Waals surface area contributed by atoms with E-state index in [1.54, 1.807) is 0 Å². The number of carboxylic acid groups (broad SMARTS) is 2. The van der Waals surface area contributed by atoms with E-state index >= 15 is 0 Å². The molecular weight excluding hydrogens is 180 g/mol. The van der Waals surface area contributed by atoms with E-state index in [0.717, 1.165) is 0 Å². The fourth-order valence-corrected chi connectivity index (χ4v) is 0.755.